The van der Waals surface area contributed by atoms with Crippen LogP contribution in [0, 0.1) is 6.92 Å². The fraction of sp³-hybridized carbons (Fsp3) is 0.227. The molecular formula is C22H20N2O3S. The van der Waals surface area contributed by atoms with Gasteiger partial charge in [-0.1, -0.05) is 47.6 Å². The van der Waals surface area contributed by atoms with Crippen molar-refractivity contribution in [1.29, 1.82) is 0 Å². The molecule has 0 bridgehead atoms. The minimum atomic E-state index is -0.853. The molecule has 0 saturated carbocycles. The second-order valence-electron chi connectivity index (χ2n) is 6.96. The first-order valence-corrected chi connectivity index (χ1v) is 9.86. The topological polar surface area (TPSA) is 65.2 Å². The summed E-state index contributed by atoms with van der Waals surface area (Å²) in [5.41, 5.74) is 1.59. The molecule has 0 aliphatic carbocycles. The number of thiazole rings is 1. The molecule has 4 rings (SSSR count). The van der Waals surface area contributed by atoms with Crippen LogP contribution in [0.1, 0.15) is 28.9 Å². The summed E-state index contributed by atoms with van der Waals surface area (Å²) < 4.78 is 11.8. The number of hydrogen-bond donors (Lipinski definition) is 0. The minimum absolute atomic E-state index is 0.0818. The van der Waals surface area contributed by atoms with E-state index in [4.69, 9.17) is 14.2 Å². The van der Waals surface area contributed by atoms with E-state index in [9.17, 15) is 4.79 Å². The monoisotopic (exact) mass is 392 g/mol. The number of rotatable bonds is 6. The van der Waals surface area contributed by atoms with E-state index in [1.54, 1.807) is 24.3 Å². The summed E-state index contributed by atoms with van der Waals surface area (Å²) >= 11 is 1.61. The minimum Gasteiger partial charge on any atom is -0.458 e. The van der Waals surface area contributed by atoms with Gasteiger partial charge in [-0.3, -0.25) is 4.79 Å². The zero-order valence-corrected chi connectivity index (χ0v) is 16.5. The lowest BCUT2D eigenvalue weighted by Crippen LogP contribution is -2.36. The van der Waals surface area contributed by atoms with Crippen molar-refractivity contribution in [3.05, 3.63) is 82.7 Å². The maximum absolute atomic E-state index is 13.2. The van der Waals surface area contributed by atoms with Gasteiger partial charge in [0.2, 0.25) is 0 Å². The van der Waals surface area contributed by atoms with Crippen LogP contribution in [-0.2, 0) is 28.0 Å². The standard InChI is InChI=1S/C22H20N2O3S/c1-15-12-17(24-27-15)14-26-21(25)22(2,16-8-4-3-5-9-16)13-20-23-18-10-6-7-11-19(18)28-20/h3-12H,13-14H2,1-2H3/t22-/m1/s1. The van der Waals surface area contributed by atoms with Gasteiger partial charge in [-0.2, -0.15) is 0 Å². The molecule has 28 heavy (non-hydrogen) atoms. The Morgan fingerprint density at radius 2 is 1.89 bits per heavy atom. The molecule has 6 heteroatoms. The van der Waals surface area contributed by atoms with E-state index >= 15 is 0 Å². The molecule has 2 aromatic carbocycles. The van der Waals surface area contributed by atoms with Crippen LogP contribution >= 0.6 is 11.3 Å². The number of carbonyl (C=O) groups excluding carboxylic acids is 1. The lowest BCUT2D eigenvalue weighted by atomic mass is 9.79. The molecular weight excluding hydrogens is 372 g/mol. The molecule has 0 fully saturated rings. The first kappa shape index (κ1) is 18.4. The molecule has 0 amide bonds. The van der Waals surface area contributed by atoms with E-state index in [0.29, 0.717) is 17.9 Å². The molecule has 0 radical (unpaired) electrons. The van der Waals surface area contributed by atoms with Gasteiger partial charge in [0.05, 0.1) is 20.6 Å². The van der Waals surface area contributed by atoms with Crippen molar-refractivity contribution in [1.82, 2.24) is 10.1 Å². The van der Waals surface area contributed by atoms with Gasteiger partial charge in [-0.25, -0.2) is 4.98 Å². The van der Waals surface area contributed by atoms with E-state index in [2.05, 4.69) is 5.16 Å². The molecule has 0 saturated heterocycles. The molecule has 5 nitrogen and oxygen atoms in total. The Kier molecular flexibility index (Phi) is 4.96. The predicted molar refractivity (Wildman–Crippen MR) is 108 cm³/mol. The van der Waals surface area contributed by atoms with E-state index in [1.165, 1.54) is 0 Å². The third kappa shape index (κ3) is 3.68. The van der Waals surface area contributed by atoms with Gasteiger partial charge < -0.3 is 9.26 Å². The number of para-hydroxylation sites is 1. The van der Waals surface area contributed by atoms with Gasteiger partial charge in [-0.15, -0.1) is 11.3 Å². The van der Waals surface area contributed by atoms with Crippen LogP contribution in [0.3, 0.4) is 0 Å². The Balaban J connectivity index is 1.62. The molecule has 0 unspecified atom stereocenters. The van der Waals surface area contributed by atoms with Crippen LogP contribution in [0.2, 0.25) is 0 Å². The molecule has 2 heterocycles. The fourth-order valence-electron chi connectivity index (χ4n) is 3.18. The number of fused-ring (bicyclic) bond motifs is 1. The van der Waals surface area contributed by atoms with E-state index < -0.39 is 5.41 Å². The fourth-order valence-corrected chi connectivity index (χ4v) is 4.30. The first-order chi connectivity index (χ1) is 13.5. The Hall–Kier alpha value is -2.99. The maximum Gasteiger partial charge on any atom is 0.317 e. The Morgan fingerprint density at radius 3 is 2.61 bits per heavy atom. The number of benzene rings is 2. The van der Waals surface area contributed by atoms with Crippen LogP contribution in [0.4, 0.5) is 0 Å². The molecule has 142 valence electrons. The molecule has 0 aliphatic heterocycles. The molecule has 0 spiro atoms. The summed E-state index contributed by atoms with van der Waals surface area (Å²) in [5, 5.41) is 4.80. The number of esters is 1. The number of aromatic nitrogens is 2. The summed E-state index contributed by atoms with van der Waals surface area (Å²) in [6, 6.07) is 19.5. The number of carbonyl (C=O) groups is 1. The Labute approximate surface area is 167 Å². The van der Waals surface area contributed by atoms with Crippen molar-refractivity contribution in [3.63, 3.8) is 0 Å². The summed E-state index contributed by atoms with van der Waals surface area (Å²) in [6.07, 6.45) is 0.465. The number of ether oxygens (including phenoxy) is 1. The van der Waals surface area contributed by atoms with Gasteiger partial charge in [0.15, 0.2) is 0 Å². The third-order valence-electron chi connectivity index (χ3n) is 4.73. The largest absolute Gasteiger partial charge is 0.458 e. The molecule has 0 aliphatic rings. The molecule has 4 aromatic rings. The summed E-state index contributed by atoms with van der Waals surface area (Å²) in [4.78, 5) is 17.9. The zero-order valence-electron chi connectivity index (χ0n) is 15.7. The highest BCUT2D eigenvalue weighted by Gasteiger charge is 2.38. The zero-order chi connectivity index (χ0) is 19.6. The smallest absolute Gasteiger partial charge is 0.317 e. The average Bonchev–Trinajstić information content (AvgIpc) is 3.31. The van der Waals surface area contributed by atoms with Crippen LogP contribution in [-0.4, -0.2) is 16.1 Å². The number of aryl methyl sites for hydroxylation is 1. The van der Waals surface area contributed by atoms with Crippen LogP contribution in [0.25, 0.3) is 10.2 Å². The second-order valence-corrected chi connectivity index (χ2v) is 8.07. The first-order valence-electron chi connectivity index (χ1n) is 9.04. The predicted octanol–water partition coefficient (Wildman–Crippen LogP) is 4.84. The van der Waals surface area contributed by atoms with E-state index in [1.807, 2.05) is 61.5 Å². The van der Waals surface area contributed by atoms with Gasteiger partial charge in [0, 0.05) is 12.5 Å². The van der Waals surface area contributed by atoms with Crippen LogP contribution in [0.5, 0.6) is 0 Å². The average molecular weight is 392 g/mol. The van der Waals surface area contributed by atoms with Crippen LogP contribution in [0.15, 0.2) is 65.2 Å². The Morgan fingerprint density at radius 1 is 1.14 bits per heavy atom. The molecule has 1 atom stereocenters. The summed E-state index contributed by atoms with van der Waals surface area (Å²) in [5.74, 6) is 0.380. The molecule has 0 N–H and O–H groups in total. The van der Waals surface area contributed by atoms with Crippen molar-refractivity contribution in [2.24, 2.45) is 0 Å². The van der Waals surface area contributed by atoms with E-state index in [-0.39, 0.29) is 12.6 Å². The summed E-state index contributed by atoms with van der Waals surface area (Å²) in [6.45, 7) is 3.79. The SMILES string of the molecule is Cc1cc(COC(=O)[C@](C)(Cc2nc3ccccc3s2)c2ccccc2)no1. The number of nitrogens with zero attached hydrogens (tertiary/aromatic N) is 2. The summed E-state index contributed by atoms with van der Waals surface area (Å²) in [7, 11) is 0. The third-order valence-corrected chi connectivity index (χ3v) is 5.77. The quantitative estimate of drug-likeness (QED) is 0.440. The Bertz CT molecular complexity index is 1070. The van der Waals surface area contributed by atoms with E-state index in [0.717, 1.165) is 20.8 Å². The van der Waals surface area contributed by atoms with Crippen molar-refractivity contribution in [2.75, 3.05) is 0 Å². The lowest BCUT2D eigenvalue weighted by molar-refractivity contribution is -0.151. The van der Waals surface area contributed by atoms with Gasteiger partial charge >= 0.3 is 5.97 Å². The van der Waals surface area contributed by atoms with Crippen molar-refractivity contribution in [2.45, 2.75) is 32.3 Å². The second kappa shape index (κ2) is 7.56. The normalized spacial score (nSPS) is 13.4. The van der Waals surface area contributed by atoms with Gasteiger partial charge in [-0.05, 0) is 31.5 Å². The lowest BCUT2D eigenvalue weighted by Gasteiger charge is -2.27. The van der Waals surface area contributed by atoms with Gasteiger partial charge in [0.1, 0.15) is 18.1 Å². The highest BCUT2D eigenvalue weighted by atomic mass is 32.1. The van der Waals surface area contributed by atoms with Gasteiger partial charge in [0.25, 0.3) is 0 Å². The van der Waals surface area contributed by atoms with Crippen molar-refractivity contribution < 1.29 is 14.1 Å². The van der Waals surface area contributed by atoms with Crippen molar-refractivity contribution in [3.8, 4) is 0 Å². The highest BCUT2D eigenvalue weighted by Crippen LogP contribution is 2.33. The highest BCUT2D eigenvalue weighted by molar-refractivity contribution is 7.18. The van der Waals surface area contributed by atoms with Crippen molar-refractivity contribution >= 4 is 27.5 Å². The molecule has 2 aromatic heterocycles. The number of hydrogen-bond acceptors (Lipinski definition) is 6. The maximum atomic E-state index is 13.2. The van der Waals surface area contributed by atoms with Crippen LogP contribution < -0.4 is 0 Å².